The zero-order chi connectivity index (χ0) is 17.6. The minimum Gasteiger partial charge on any atom is -0.381 e. The lowest BCUT2D eigenvalue weighted by Crippen LogP contribution is -2.42. The molecule has 1 saturated heterocycles. The van der Waals surface area contributed by atoms with Gasteiger partial charge in [0, 0.05) is 50.7 Å². The molecule has 1 atom stereocenters. The SMILES string of the molecule is CCN(CC1CCOC1)C(=O)NCc1ccnc(-n2ccnc2C)c1. The fraction of sp³-hybridized carbons (Fsp3) is 0.500. The number of amides is 2. The number of rotatable bonds is 6. The Kier molecular flexibility index (Phi) is 5.65. The lowest BCUT2D eigenvalue weighted by molar-refractivity contribution is 0.166. The molecule has 0 spiro atoms. The Labute approximate surface area is 148 Å². The summed E-state index contributed by atoms with van der Waals surface area (Å²) in [4.78, 5) is 22.9. The van der Waals surface area contributed by atoms with Gasteiger partial charge in [-0.3, -0.25) is 4.57 Å². The highest BCUT2D eigenvalue weighted by Crippen LogP contribution is 2.14. The molecule has 3 rings (SSSR count). The van der Waals surface area contributed by atoms with Gasteiger partial charge < -0.3 is 15.0 Å². The van der Waals surface area contributed by atoms with Crippen LogP contribution < -0.4 is 5.32 Å². The first kappa shape index (κ1) is 17.4. The van der Waals surface area contributed by atoms with Crippen LogP contribution in [-0.4, -0.2) is 51.8 Å². The summed E-state index contributed by atoms with van der Waals surface area (Å²) in [5.41, 5.74) is 1.01. The van der Waals surface area contributed by atoms with Gasteiger partial charge >= 0.3 is 6.03 Å². The second-order valence-electron chi connectivity index (χ2n) is 6.29. The van der Waals surface area contributed by atoms with Crippen LogP contribution in [-0.2, 0) is 11.3 Å². The maximum atomic E-state index is 12.4. The quantitative estimate of drug-likeness (QED) is 0.872. The number of nitrogens with zero attached hydrogens (tertiary/aromatic N) is 4. The average molecular weight is 343 g/mol. The first-order valence-corrected chi connectivity index (χ1v) is 8.73. The van der Waals surface area contributed by atoms with Gasteiger partial charge in [-0.05, 0) is 38.0 Å². The van der Waals surface area contributed by atoms with Crippen molar-refractivity contribution in [3.8, 4) is 5.82 Å². The van der Waals surface area contributed by atoms with Gasteiger partial charge in [-0.1, -0.05) is 0 Å². The summed E-state index contributed by atoms with van der Waals surface area (Å²) < 4.78 is 7.32. The molecule has 1 aliphatic heterocycles. The summed E-state index contributed by atoms with van der Waals surface area (Å²) in [6.45, 7) is 7.40. The van der Waals surface area contributed by atoms with E-state index in [1.165, 1.54) is 0 Å². The molecule has 2 amide bonds. The predicted octanol–water partition coefficient (Wildman–Crippen LogP) is 2.14. The molecule has 1 fully saturated rings. The molecule has 1 N–H and O–H groups in total. The normalized spacial score (nSPS) is 16.8. The van der Waals surface area contributed by atoms with E-state index in [-0.39, 0.29) is 6.03 Å². The molecule has 0 aliphatic carbocycles. The molecule has 134 valence electrons. The summed E-state index contributed by atoms with van der Waals surface area (Å²) in [5, 5.41) is 3.00. The van der Waals surface area contributed by atoms with Gasteiger partial charge in [0.05, 0.1) is 6.61 Å². The number of carbonyl (C=O) groups excluding carboxylic acids is 1. The Morgan fingerprint density at radius 3 is 3.00 bits per heavy atom. The van der Waals surface area contributed by atoms with Crippen LogP contribution in [0.4, 0.5) is 4.79 Å². The highest BCUT2D eigenvalue weighted by molar-refractivity contribution is 5.74. The van der Waals surface area contributed by atoms with E-state index in [0.717, 1.165) is 43.4 Å². The first-order valence-electron chi connectivity index (χ1n) is 8.73. The van der Waals surface area contributed by atoms with Crippen molar-refractivity contribution in [1.29, 1.82) is 0 Å². The van der Waals surface area contributed by atoms with E-state index < -0.39 is 0 Å². The molecule has 7 nitrogen and oxygen atoms in total. The molecule has 2 aromatic rings. The van der Waals surface area contributed by atoms with Crippen molar-refractivity contribution in [2.75, 3.05) is 26.3 Å². The van der Waals surface area contributed by atoms with E-state index in [0.29, 0.717) is 19.0 Å². The number of imidazole rings is 1. The molecule has 2 aromatic heterocycles. The van der Waals surface area contributed by atoms with Crippen LogP contribution in [0.5, 0.6) is 0 Å². The molecular formula is C18H25N5O2. The van der Waals surface area contributed by atoms with Crippen LogP contribution in [0.3, 0.4) is 0 Å². The van der Waals surface area contributed by atoms with Crippen LogP contribution in [0.15, 0.2) is 30.7 Å². The second-order valence-corrected chi connectivity index (χ2v) is 6.29. The molecule has 0 aromatic carbocycles. The van der Waals surface area contributed by atoms with E-state index in [4.69, 9.17) is 4.74 Å². The van der Waals surface area contributed by atoms with Gasteiger partial charge in [0.25, 0.3) is 0 Å². The lowest BCUT2D eigenvalue weighted by Gasteiger charge is -2.24. The van der Waals surface area contributed by atoms with Gasteiger partial charge in [-0.2, -0.15) is 0 Å². The number of aryl methyl sites for hydroxylation is 1. The summed E-state index contributed by atoms with van der Waals surface area (Å²) in [6.07, 6.45) is 6.41. The molecule has 0 bridgehead atoms. The fourth-order valence-electron chi connectivity index (χ4n) is 3.01. The van der Waals surface area contributed by atoms with Crippen molar-refractivity contribution >= 4 is 6.03 Å². The number of urea groups is 1. The topological polar surface area (TPSA) is 72.3 Å². The highest BCUT2D eigenvalue weighted by atomic mass is 16.5. The standard InChI is InChI=1S/C18H25N5O2/c1-3-22(12-16-5-9-25-13-16)18(24)21-11-15-4-6-20-17(10-15)23-8-7-19-14(23)2/h4,6-8,10,16H,3,5,9,11-13H2,1-2H3,(H,21,24). The Hall–Kier alpha value is -2.41. The Morgan fingerprint density at radius 2 is 2.32 bits per heavy atom. The minimum absolute atomic E-state index is 0.0356. The molecule has 0 radical (unpaired) electrons. The number of aromatic nitrogens is 3. The third kappa shape index (κ3) is 4.36. The van der Waals surface area contributed by atoms with Crippen LogP contribution >= 0.6 is 0 Å². The smallest absolute Gasteiger partial charge is 0.317 e. The van der Waals surface area contributed by atoms with Gasteiger partial charge in [-0.25, -0.2) is 14.8 Å². The Morgan fingerprint density at radius 1 is 1.44 bits per heavy atom. The highest BCUT2D eigenvalue weighted by Gasteiger charge is 2.21. The van der Waals surface area contributed by atoms with E-state index in [9.17, 15) is 4.79 Å². The summed E-state index contributed by atoms with van der Waals surface area (Å²) >= 11 is 0. The minimum atomic E-state index is -0.0356. The molecule has 1 aliphatic rings. The van der Waals surface area contributed by atoms with Gasteiger partial charge in [0.1, 0.15) is 11.6 Å². The van der Waals surface area contributed by atoms with Gasteiger partial charge in [0.2, 0.25) is 0 Å². The van der Waals surface area contributed by atoms with E-state index in [2.05, 4.69) is 15.3 Å². The average Bonchev–Trinajstić information content (AvgIpc) is 3.29. The van der Waals surface area contributed by atoms with E-state index in [1.54, 1.807) is 12.4 Å². The molecule has 3 heterocycles. The Balaban J connectivity index is 1.58. The number of nitrogens with one attached hydrogen (secondary N) is 1. The van der Waals surface area contributed by atoms with Gasteiger partial charge in [-0.15, -0.1) is 0 Å². The van der Waals surface area contributed by atoms with Crippen molar-refractivity contribution in [2.24, 2.45) is 5.92 Å². The maximum Gasteiger partial charge on any atom is 0.317 e. The van der Waals surface area contributed by atoms with Crippen molar-refractivity contribution in [1.82, 2.24) is 24.8 Å². The van der Waals surface area contributed by atoms with Crippen molar-refractivity contribution in [3.05, 3.63) is 42.1 Å². The van der Waals surface area contributed by atoms with Crippen molar-refractivity contribution in [2.45, 2.75) is 26.8 Å². The zero-order valence-corrected chi connectivity index (χ0v) is 14.8. The third-order valence-electron chi connectivity index (χ3n) is 4.50. The van der Waals surface area contributed by atoms with Crippen molar-refractivity contribution < 1.29 is 9.53 Å². The molecule has 7 heteroatoms. The predicted molar refractivity (Wildman–Crippen MR) is 94.5 cm³/mol. The number of carbonyl (C=O) groups is 1. The molecule has 25 heavy (non-hydrogen) atoms. The second kappa shape index (κ2) is 8.11. The monoisotopic (exact) mass is 343 g/mol. The zero-order valence-electron chi connectivity index (χ0n) is 14.8. The summed E-state index contributed by atoms with van der Waals surface area (Å²) in [5.74, 6) is 2.13. The summed E-state index contributed by atoms with van der Waals surface area (Å²) in [7, 11) is 0. The van der Waals surface area contributed by atoms with Crippen molar-refractivity contribution in [3.63, 3.8) is 0 Å². The van der Waals surface area contributed by atoms with Crippen LogP contribution in [0.2, 0.25) is 0 Å². The van der Waals surface area contributed by atoms with Gasteiger partial charge in [0.15, 0.2) is 0 Å². The molecule has 0 saturated carbocycles. The summed E-state index contributed by atoms with van der Waals surface area (Å²) in [6, 6.07) is 3.85. The van der Waals surface area contributed by atoms with Crippen LogP contribution in [0.1, 0.15) is 24.7 Å². The van der Waals surface area contributed by atoms with Crippen LogP contribution in [0.25, 0.3) is 5.82 Å². The number of ether oxygens (including phenoxy) is 1. The van der Waals surface area contributed by atoms with Crippen LogP contribution in [0, 0.1) is 12.8 Å². The van der Waals surface area contributed by atoms with E-state index in [1.807, 2.05) is 41.6 Å². The fourth-order valence-corrected chi connectivity index (χ4v) is 3.01. The number of hydrogen-bond acceptors (Lipinski definition) is 4. The number of hydrogen-bond donors (Lipinski definition) is 1. The molecular weight excluding hydrogens is 318 g/mol. The largest absolute Gasteiger partial charge is 0.381 e. The maximum absolute atomic E-state index is 12.4. The lowest BCUT2D eigenvalue weighted by atomic mass is 10.1. The third-order valence-corrected chi connectivity index (χ3v) is 4.50. The van der Waals surface area contributed by atoms with E-state index >= 15 is 0 Å². The molecule has 1 unspecified atom stereocenters. The first-order chi connectivity index (χ1) is 12.2. The number of pyridine rings is 1. The Bertz CT molecular complexity index is 709.